The minimum atomic E-state index is -3.83. The van der Waals surface area contributed by atoms with Crippen LogP contribution in [0.1, 0.15) is 15.9 Å². The first-order valence-corrected chi connectivity index (χ1v) is 10.0. The van der Waals surface area contributed by atoms with Gasteiger partial charge in [0.2, 0.25) is 0 Å². The highest BCUT2D eigenvalue weighted by molar-refractivity contribution is 7.92. The molecule has 0 heterocycles. The van der Waals surface area contributed by atoms with Gasteiger partial charge in [0.25, 0.3) is 15.9 Å². The van der Waals surface area contributed by atoms with E-state index in [-0.39, 0.29) is 10.5 Å². The van der Waals surface area contributed by atoms with Crippen molar-refractivity contribution in [3.05, 3.63) is 83.9 Å². The molecule has 0 aromatic heterocycles. The maximum absolute atomic E-state index is 12.7. The van der Waals surface area contributed by atoms with Gasteiger partial charge in [-0.2, -0.15) is 0 Å². The second-order valence-corrected chi connectivity index (χ2v) is 7.82. The van der Waals surface area contributed by atoms with Crippen molar-refractivity contribution in [3.8, 4) is 5.75 Å². The minimum absolute atomic E-state index is 0.00838. The minimum Gasteiger partial charge on any atom is -0.497 e. The van der Waals surface area contributed by atoms with E-state index in [0.29, 0.717) is 17.1 Å². The summed E-state index contributed by atoms with van der Waals surface area (Å²) in [7, 11) is -2.29. The normalized spacial score (nSPS) is 10.9. The van der Waals surface area contributed by atoms with Crippen LogP contribution in [0.15, 0.2) is 77.7 Å². The third kappa shape index (κ3) is 4.50. The SMILES string of the molecule is COc1cccc(NC(=O)c2cccc(S(=O)(=O)Nc3ccccc3C)c2)c1. The van der Waals surface area contributed by atoms with Crippen LogP contribution in [0.25, 0.3) is 0 Å². The molecule has 0 unspecified atom stereocenters. The zero-order valence-corrected chi connectivity index (χ0v) is 16.3. The molecule has 6 nitrogen and oxygen atoms in total. The number of methoxy groups -OCH3 is 1. The van der Waals surface area contributed by atoms with Crippen LogP contribution in [0.3, 0.4) is 0 Å². The predicted molar refractivity (Wildman–Crippen MR) is 109 cm³/mol. The van der Waals surface area contributed by atoms with Crippen molar-refractivity contribution in [2.75, 3.05) is 17.1 Å². The van der Waals surface area contributed by atoms with E-state index < -0.39 is 15.9 Å². The van der Waals surface area contributed by atoms with E-state index >= 15 is 0 Å². The lowest BCUT2D eigenvalue weighted by atomic mass is 10.2. The summed E-state index contributed by atoms with van der Waals surface area (Å²) < 4.78 is 33.1. The number of sulfonamides is 1. The molecule has 3 aromatic rings. The molecular formula is C21H20N2O4S. The molecule has 3 rings (SSSR count). The lowest BCUT2D eigenvalue weighted by Gasteiger charge is -2.12. The highest BCUT2D eigenvalue weighted by atomic mass is 32.2. The number of rotatable bonds is 6. The first-order chi connectivity index (χ1) is 13.4. The molecule has 0 aliphatic heterocycles. The maximum Gasteiger partial charge on any atom is 0.261 e. The first-order valence-electron chi connectivity index (χ1n) is 8.53. The van der Waals surface area contributed by atoms with Gasteiger partial charge in [-0.15, -0.1) is 0 Å². The van der Waals surface area contributed by atoms with Gasteiger partial charge in [-0.1, -0.05) is 30.3 Å². The lowest BCUT2D eigenvalue weighted by Crippen LogP contribution is -2.16. The van der Waals surface area contributed by atoms with Crippen LogP contribution in [0.5, 0.6) is 5.75 Å². The van der Waals surface area contributed by atoms with E-state index in [2.05, 4.69) is 10.0 Å². The van der Waals surface area contributed by atoms with E-state index in [1.54, 1.807) is 42.5 Å². The molecule has 28 heavy (non-hydrogen) atoms. The fourth-order valence-corrected chi connectivity index (χ4v) is 3.78. The van der Waals surface area contributed by atoms with E-state index in [0.717, 1.165) is 5.56 Å². The molecular weight excluding hydrogens is 376 g/mol. The Morgan fingerprint density at radius 3 is 2.43 bits per heavy atom. The summed E-state index contributed by atoms with van der Waals surface area (Å²) in [5.74, 6) is 0.192. The molecule has 1 amide bonds. The van der Waals surface area contributed by atoms with Crippen LogP contribution >= 0.6 is 0 Å². The van der Waals surface area contributed by atoms with Crippen molar-refractivity contribution >= 4 is 27.3 Å². The zero-order chi connectivity index (χ0) is 20.1. The third-order valence-electron chi connectivity index (χ3n) is 4.12. The number of carbonyl (C=O) groups is 1. The van der Waals surface area contributed by atoms with Crippen molar-refractivity contribution in [3.63, 3.8) is 0 Å². The molecule has 2 N–H and O–H groups in total. The summed E-state index contributed by atoms with van der Waals surface area (Å²) in [4.78, 5) is 12.5. The van der Waals surface area contributed by atoms with Crippen LogP contribution in [0.4, 0.5) is 11.4 Å². The molecule has 144 valence electrons. The Labute approximate surface area is 164 Å². The number of aryl methyl sites for hydroxylation is 1. The van der Waals surface area contributed by atoms with Gasteiger partial charge in [0.1, 0.15) is 5.75 Å². The smallest absolute Gasteiger partial charge is 0.261 e. The topological polar surface area (TPSA) is 84.5 Å². The van der Waals surface area contributed by atoms with E-state index in [1.165, 1.54) is 25.3 Å². The van der Waals surface area contributed by atoms with E-state index in [1.807, 2.05) is 19.1 Å². The Morgan fingerprint density at radius 1 is 0.929 bits per heavy atom. The lowest BCUT2D eigenvalue weighted by molar-refractivity contribution is 0.102. The van der Waals surface area contributed by atoms with Crippen molar-refractivity contribution in [1.82, 2.24) is 0 Å². The number of amides is 1. The third-order valence-corrected chi connectivity index (χ3v) is 5.49. The molecule has 0 bridgehead atoms. The molecule has 0 spiro atoms. The number of para-hydroxylation sites is 1. The number of benzene rings is 3. The number of hydrogen-bond acceptors (Lipinski definition) is 4. The standard InChI is InChI=1S/C21H20N2O4S/c1-15-7-3-4-12-20(15)23-28(25,26)19-11-5-8-16(13-19)21(24)22-17-9-6-10-18(14-17)27-2/h3-14,23H,1-2H3,(H,22,24). The summed E-state index contributed by atoms with van der Waals surface area (Å²) in [5.41, 5.74) is 2.08. The van der Waals surface area contributed by atoms with E-state index in [9.17, 15) is 13.2 Å². The molecule has 0 saturated carbocycles. The Morgan fingerprint density at radius 2 is 1.68 bits per heavy atom. The number of ether oxygens (including phenoxy) is 1. The van der Waals surface area contributed by atoms with Gasteiger partial charge in [0, 0.05) is 17.3 Å². The van der Waals surface area contributed by atoms with Crippen LogP contribution in [0, 0.1) is 6.92 Å². The summed E-state index contributed by atoms with van der Waals surface area (Å²) in [5, 5.41) is 2.74. The van der Waals surface area contributed by atoms with Crippen LogP contribution in [0.2, 0.25) is 0 Å². The largest absolute Gasteiger partial charge is 0.497 e. The summed E-state index contributed by atoms with van der Waals surface area (Å²) in [6.07, 6.45) is 0. The Kier molecular flexibility index (Phi) is 5.65. The fraction of sp³-hybridized carbons (Fsp3) is 0.0952. The Bertz CT molecular complexity index is 1110. The van der Waals surface area contributed by atoms with Crippen LogP contribution in [-0.4, -0.2) is 21.4 Å². The quantitative estimate of drug-likeness (QED) is 0.658. The Hall–Kier alpha value is -3.32. The Balaban J connectivity index is 1.83. The molecule has 0 saturated heterocycles. The average Bonchev–Trinajstić information content (AvgIpc) is 2.70. The summed E-state index contributed by atoms with van der Waals surface area (Å²) in [6, 6.07) is 19.9. The van der Waals surface area contributed by atoms with Crippen LogP contribution < -0.4 is 14.8 Å². The van der Waals surface area contributed by atoms with E-state index in [4.69, 9.17) is 4.74 Å². The second kappa shape index (κ2) is 8.14. The fourth-order valence-electron chi connectivity index (χ4n) is 2.60. The monoisotopic (exact) mass is 396 g/mol. The van der Waals surface area contributed by atoms with Gasteiger partial charge in [-0.3, -0.25) is 9.52 Å². The highest BCUT2D eigenvalue weighted by Gasteiger charge is 2.17. The second-order valence-electron chi connectivity index (χ2n) is 6.13. The van der Waals surface area contributed by atoms with Gasteiger partial charge in [0.05, 0.1) is 17.7 Å². The van der Waals surface area contributed by atoms with Crippen molar-refractivity contribution in [2.45, 2.75) is 11.8 Å². The molecule has 0 fully saturated rings. The molecule has 0 aliphatic carbocycles. The number of nitrogens with one attached hydrogen (secondary N) is 2. The van der Waals surface area contributed by atoms with Crippen molar-refractivity contribution in [2.24, 2.45) is 0 Å². The average molecular weight is 396 g/mol. The highest BCUT2D eigenvalue weighted by Crippen LogP contribution is 2.21. The predicted octanol–water partition coefficient (Wildman–Crippen LogP) is 4.06. The maximum atomic E-state index is 12.7. The number of carbonyl (C=O) groups excluding carboxylic acids is 1. The van der Waals surface area contributed by atoms with Gasteiger partial charge in [0.15, 0.2) is 0 Å². The van der Waals surface area contributed by atoms with Gasteiger partial charge in [-0.05, 0) is 48.9 Å². The van der Waals surface area contributed by atoms with Crippen LogP contribution in [-0.2, 0) is 10.0 Å². The van der Waals surface area contributed by atoms with Crippen molar-refractivity contribution < 1.29 is 17.9 Å². The molecule has 0 atom stereocenters. The van der Waals surface area contributed by atoms with Crippen molar-refractivity contribution in [1.29, 1.82) is 0 Å². The van der Waals surface area contributed by atoms with Gasteiger partial charge >= 0.3 is 0 Å². The summed E-state index contributed by atoms with van der Waals surface area (Å²) in [6.45, 7) is 1.82. The van der Waals surface area contributed by atoms with Gasteiger partial charge < -0.3 is 10.1 Å². The molecule has 0 radical (unpaired) electrons. The molecule has 0 aliphatic rings. The number of anilines is 2. The number of hydrogen-bond donors (Lipinski definition) is 2. The first kappa shape index (κ1) is 19.4. The zero-order valence-electron chi connectivity index (χ0n) is 15.5. The van der Waals surface area contributed by atoms with Gasteiger partial charge in [-0.25, -0.2) is 8.42 Å². The molecule has 3 aromatic carbocycles. The molecule has 7 heteroatoms. The summed E-state index contributed by atoms with van der Waals surface area (Å²) >= 11 is 0.